The monoisotopic (exact) mass is 189 g/mol. The van der Waals surface area contributed by atoms with Crippen LogP contribution in [0.25, 0.3) is 0 Å². The molecule has 78 valence electrons. The number of hydrogen-bond donors (Lipinski definition) is 3. The van der Waals surface area contributed by atoms with E-state index in [9.17, 15) is 9.90 Å². The second-order valence-corrected chi connectivity index (χ2v) is 3.24. The van der Waals surface area contributed by atoms with Crippen molar-refractivity contribution in [1.82, 2.24) is 5.48 Å². The standard InChI is InChI=1S/C9H19NO3/c1-2-3-4-5-6-8(11)7-9(12)10-13/h8,11,13H,2-7H2,1H3,(H,10,12)/t8-/m0/s1. The Morgan fingerprint density at radius 3 is 2.62 bits per heavy atom. The van der Waals surface area contributed by atoms with E-state index in [1.54, 1.807) is 0 Å². The third-order valence-corrected chi connectivity index (χ3v) is 1.94. The molecule has 3 N–H and O–H groups in total. The van der Waals surface area contributed by atoms with E-state index in [1.165, 1.54) is 11.9 Å². The molecule has 0 aromatic carbocycles. The third kappa shape index (κ3) is 7.74. The number of amides is 1. The van der Waals surface area contributed by atoms with Gasteiger partial charge in [0.05, 0.1) is 12.5 Å². The second kappa shape index (κ2) is 8.01. The summed E-state index contributed by atoms with van der Waals surface area (Å²) in [6.07, 6.45) is 4.36. The summed E-state index contributed by atoms with van der Waals surface area (Å²) in [5, 5.41) is 17.5. The van der Waals surface area contributed by atoms with Gasteiger partial charge in [-0.15, -0.1) is 0 Å². The Labute approximate surface area is 78.9 Å². The maximum atomic E-state index is 10.6. The molecule has 1 amide bonds. The summed E-state index contributed by atoms with van der Waals surface area (Å²) in [6, 6.07) is 0. The Morgan fingerprint density at radius 1 is 1.38 bits per heavy atom. The molecular weight excluding hydrogens is 170 g/mol. The van der Waals surface area contributed by atoms with E-state index >= 15 is 0 Å². The number of nitrogens with one attached hydrogen (secondary N) is 1. The Balaban J connectivity index is 3.29. The van der Waals surface area contributed by atoms with Crippen LogP contribution in [-0.2, 0) is 4.79 Å². The van der Waals surface area contributed by atoms with Crippen molar-refractivity contribution in [1.29, 1.82) is 0 Å². The van der Waals surface area contributed by atoms with Crippen LogP contribution < -0.4 is 5.48 Å². The molecule has 0 aliphatic heterocycles. The van der Waals surface area contributed by atoms with E-state index < -0.39 is 12.0 Å². The van der Waals surface area contributed by atoms with Gasteiger partial charge in [0.15, 0.2) is 0 Å². The van der Waals surface area contributed by atoms with Crippen LogP contribution in [0.2, 0.25) is 0 Å². The first-order chi connectivity index (χ1) is 6.20. The zero-order valence-corrected chi connectivity index (χ0v) is 8.12. The zero-order valence-electron chi connectivity index (χ0n) is 8.12. The normalized spacial score (nSPS) is 12.5. The molecule has 0 rings (SSSR count). The lowest BCUT2D eigenvalue weighted by atomic mass is 10.1. The Kier molecular flexibility index (Phi) is 7.63. The van der Waals surface area contributed by atoms with Gasteiger partial charge >= 0.3 is 0 Å². The number of hydrogen-bond acceptors (Lipinski definition) is 3. The van der Waals surface area contributed by atoms with Gasteiger partial charge in [0.2, 0.25) is 5.91 Å². The average molecular weight is 189 g/mol. The lowest BCUT2D eigenvalue weighted by Crippen LogP contribution is -2.24. The van der Waals surface area contributed by atoms with E-state index in [0.29, 0.717) is 6.42 Å². The van der Waals surface area contributed by atoms with Gasteiger partial charge in [0.1, 0.15) is 0 Å². The van der Waals surface area contributed by atoms with Crippen molar-refractivity contribution >= 4 is 5.91 Å². The summed E-state index contributed by atoms with van der Waals surface area (Å²) >= 11 is 0. The fourth-order valence-corrected chi connectivity index (χ4v) is 1.17. The lowest BCUT2D eigenvalue weighted by Gasteiger charge is -2.08. The number of rotatable bonds is 7. The minimum Gasteiger partial charge on any atom is -0.393 e. The van der Waals surface area contributed by atoms with E-state index in [4.69, 9.17) is 5.21 Å². The molecule has 1 atom stereocenters. The van der Waals surface area contributed by atoms with Crippen LogP contribution >= 0.6 is 0 Å². The van der Waals surface area contributed by atoms with Crippen molar-refractivity contribution in [3.63, 3.8) is 0 Å². The van der Waals surface area contributed by atoms with Gasteiger partial charge in [-0.05, 0) is 6.42 Å². The molecule has 0 bridgehead atoms. The first-order valence-corrected chi connectivity index (χ1v) is 4.81. The number of carbonyl (C=O) groups is 1. The van der Waals surface area contributed by atoms with Crippen LogP contribution in [-0.4, -0.2) is 22.3 Å². The molecule has 13 heavy (non-hydrogen) atoms. The Morgan fingerprint density at radius 2 is 2.08 bits per heavy atom. The van der Waals surface area contributed by atoms with Crippen LogP contribution in [0.5, 0.6) is 0 Å². The maximum absolute atomic E-state index is 10.6. The smallest absolute Gasteiger partial charge is 0.245 e. The summed E-state index contributed by atoms with van der Waals surface area (Å²) in [6.45, 7) is 2.12. The molecule has 0 unspecified atom stereocenters. The molecule has 0 aromatic heterocycles. The molecular formula is C9H19NO3. The fraction of sp³-hybridized carbons (Fsp3) is 0.889. The molecule has 0 heterocycles. The SMILES string of the molecule is CCCCCC[C@H](O)CC(=O)NO. The van der Waals surface area contributed by atoms with Crippen LogP contribution in [0.1, 0.15) is 45.4 Å². The Bertz CT molecular complexity index is 139. The second-order valence-electron chi connectivity index (χ2n) is 3.24. The largest absolute Gasteiger partial charge is 0.393 e. The Hall–Kier alpha value is -0.610. The highest BCUT2D eigenvalue weighted by atomic mass is 16.5. The van der Waals surface area contributed by atoms with Gasteiger partial charge < -0.3 is 5.11 Å². The summed E-state index contributed by atoms with van der Waals surface area (Å²) in [5.41, 5.74) is 1.50. The van der Waals surface area contributed by atoms with Crippen molar-refractivity contribution in [2.75, 3.05) is 0 Å². The summed E-state index contributed by atoms with van der Waals surface area (Å²) in [7, 11) is 0. The molecule has 0 aromatic rings. The first kappa shape index (κ1) is 12.4. The number of carbonyl (C=O) groups excluding carboxylic acids is 1. The minimum absolute atomic E-state index is 0.0113. The number of aliphatic hydroxyl groups is 1. The molecule has 0 aliphatic rings. The average Bonchev–Trinajstić information content (AvgIpc) is 2.12. The number of aliphatic hydroxyl groups excluding tert-OH is 1. The van der Waals surface area contributed by atoms with Crippen molar-refractivity contribution in [2.24, 2.45) is 0 Å². The quantitative estimate of drug-likeness (QED) is 0.320. The predicted octanol–water partition coefficient (Wildman–Crippen LogP) is 1.21. The maximum Gasteiger partial charge on any atom is 0.245 e. The molecule has 0 aliphatic carbocycles. The van der Waals surface area contributed by atoms with Crippen LogP contribution in [0.15, 0.2) is 0 Å². The molecule has 0 spiro atoms. The van der Waals surface area contributed by atoms with E-state index in [1.807, 2.05) is 0 Å². The third-order valence-electron chi connectivity index (χ3n) is 1.94. The fourth-order valence-electron chi connectivity index (χ4n) is 1.17. The van der Waals surface area contributed by atoms with Gasteiger partial charge in [0, 0.05) is 0 Å². The van der Waals surface area contributed by atoms with E-state index in [2.05, 4.69) is 6.92 Å². The number of hydroxylamine groups is 1. The summed E-state index contributed by atoms with van der Waals surface area (Å²) in [4.78, 5) is 10.6. The number of unbranched alkanes of at least 4 members (excludes halogenated alkanes) is 3. The van der Waals surface area contributed by atoms with Gasteiger partial charge in [-0.25, -0.2) is 5.48 Å². The highest BCUT2D eigenvalue weighted by Crippen LogP contribution is 2.07. The molecule has 0 saturated carbocycles. The van der Waals surface area contributed by atoms with Crippen LogP contribution in [0, 0.1) is 0 Å². The van der Waals surface area contributed by atoms with E-state index in [-0.39, 0.29) is 6.42 Å². The summed E-state index contributed by atoms with van der Waals surface area (Å²) in [5.74, 6) is -0.525. The highest BCUT2D eigenvalue weighted by molar-refractivity contribution is 5.74. The highest BCUT2D eigenvalue weighted by Gasteiger charge is 2.08. The van der Waals surface area contributed by atoms with Gasteiger partial charge in [0.25, 0.3) is 0 Å². The molecule has 0 fully saturated rings. The zero-order chi connectivity index (χ0) is 10.1. The molecule has 4 nitrogen and oxygen atoms in total. The first-order valence-electron chi connectivity index (χ1n) is 4.81. The topological polar surface area (TPSA) is 69.6 Å². The van der Waals surface area contributed by atoms with E-state index in [0.717, 1.165) is 19.3 Å². The molecule has 4 heteroatoms. The van der Waals surface area contributed by atoms with Crippen molar-refractivity contribution in [3.05, 3.63) is 0 Å². The summed E-state index contributed by atoms with van der Waals surface area (Å²) < 4.78 is 0. The van der Waals surface area contributed by atoms with Gasteiger partial charge in [-0.1, -0.05) is 32.6 Å². The van der Waals surface area contributed by atoms with Crippen LogP contribution in [0.4, 0.5) is 0 Å². The van der Waals surface area contributed by atoms with Gasteiger partial charge in [-0.2, -0.15) is 0 Å². The predicted molar refractivity (Wildman–Crippen MR) is 49.3 cm³/mol. The van der Waals surface area contributed by atoms with Crippen molar-refractivity contribution in [3.8, 4) is 0 Å². The van der Waals surface area contributed by atoms with Gasteiger partial charge in [-0.3, -0.25) is 10.0 Å². The minimum atomic E-state index is -0.621. The lowest BCUT2D eigenvalue weighted by molar-refractivity contribution is -0.131. The van der Waals surface area contributed by atoms with Crippen molar-refractivity contribution in [2.45, 2.75) is 51.6 Å². The van der Waals surface area contributed by atoms with Crippen molar-refractivity contribution < 1.29 is 15.1 Å². The molecule has 0 saturated heterocycles. The molecule has 0 radical (unpaired) electrons. The van der Waals surface area contributed by atoms with Crippen LogP contribution in [0.3, 0.4) is 0 Å².